The molecule has 2 aliphatic heterocycles. The van der Waals surface area contributed by atoms with E-state index in [1.807, 2.05) is 12.3 Å². The molecule has 1 unspecified atom stereocenters. The van der Waals surface area contributed by atoms with Crippen LogP contribution in [0.3, 0.4) is 0 Å². The standard InChI is InChI=1S/C26H26ClN5O2S/c1-30-10-6-23(33)32(26(30)34)15-19-13-22-25(35-19)20(5-8-29-22)21-12-17(27)11-16-3-2-9-31(24(16)21)18-4-7-28-14-18/h5-6,8,10-13,18,28H,2-4,7,9,14-15H2,1H3. The predicted molar refractivity (Wildman–Crippen MR) is 142 cm³/mol. The summed E-state index contributed by atoms with van der Waals surface area (Å²) < 4.78 is 3.73. The lowest BCUT2D eigenvalue weighted by Crippen LogP contribution is -2.40. The quantitative estimate of drug-likeness (QED) is 0.456. The van der Waals surface area contributed by atoms with Crippen molar-refractivity contribution in [1.82, 2.24) is 19.4 Å². The van der Waals surface area contributed by atoms with Gasteiger partial charge in [0, 0.05) is 71.4 Å². The molecule has 1 atom stereocenters. The average molecular weight is 508 g/mol. The topological polar surface area (TPSA) is 72.2 Å². The highest BCUT2D eigenvalue weighted by Crippen LogP contribution is 2.44. The van der Waals surface area contributed by atoms with E-state index in [2.05, 4.69) is 33.4 Å². The van der Waals surface area contributed by atoms with Crippen LogP contribution in [0.25, 0.3) is 21.3 Å². The van der Waals surface area contributed by atoms with Crippen molar-refractivity contribution in [1.29, 1.82) is 0 Å². The van der Waals surface area contributed by atoms with E-state index < -0.39 is 0 Å². The van der Waals surface area contributed by atoms with Gasteiger partial charge in [-0.2, -0.15) is 0 Å². The summed E-state index contributed by atoms with van der Waals surface area (Å²) in [5, 5.41) is 4.25. The zero-order chi connectivity index (χ0) is 24.1. The van der Waals surface area contributed by atoms with Gasteiger partial charge in [-0.05, 0) is 55.6 Å². The van der Waals surface area contributed by atoms with Crippen LogP contribution < -0.4 is 21.5 Å². The van der Waals surface area contributed by atoms with Gasteiger partial charge >= 0.3 is 5.69 Å². The number of aromatic nitrogens is 3. The molecule has 0 radical (unpaired) electrons. The number of halogens is 1. The van der Waals surface area contributed by atoms with Crippen molar-refractivity contribution in [3.05, 3.63) is 79.0 Å². The summed E-state index contributed by atoms with van der Waals surface area (Å²) in [5.74, 6) is 0. The second kappa shape index (κ2) is 8.93. The largest absolute Gasteiger partial charge is 0.366 e. The Balaban J connectivity index is 1.49. The summed E-state index contributed by atoms with van der Waals surface area (Å²) in [6.45, 7) is 3.31. The van der Waals surface area contributed by atoms with E-state index in [0.29, 0.717) is 6.04 Å². The molecule has 4 aromatic rings. The van der Waals surface area contributed by atoms with Crippen LogP contribution in [0, 0.1) is 0 Å². The van der Waals surface area contributed by atoms with E-state index in [1.165, 1.54) is 32.6 Å². The van der Waals surface area contributed by atoms with Gasteiger partial charge in [0.15, 0.2) is 0 Å². The van der Waals surface area contributed by atoms with Gasteiger partial charge in [0.1, 0.15) is 0 Å². The third kappa shape index (κ3) is 3.99. The Labute approximate surface area is 211 Å². The Hall–Kier alpha value is -2.94. The van der Waals surface area contributed by atoms with E-state index in [-0.39, 0.29) is 17.8 Å². The molecule has 1 fully saturated rings. The van der Waals surface area contributed by atoms with E-state index in [0.717, 1.165) is 70.1 Å². The number of rotatable bonds is 4. The molecule has 1 aromatic carbocycles. The molecule has 3 aromatic heterocycles. The number of nitrogens with one attached hydrogen (secondary N) is 1. The van der Waals surface area contributed by atoms with E-state index in [4.69, 9.17) is 11.6 Å². The predicted octanol–water partition coefficient (Wildman–Crippen LogP) is 3.64. The van der Waals surface area contributed by atoms with E-state index in [9.17, 15) is 9.59 Å². The molecular formula is C26H26ClN5O2S. The summed E-state index contributed by atoms with van der Waals surface area (Å²) in [4.78, 5) is 33.0. The molecule has 2 aliphatic rings. The summed E-state index contributed by atoms with van der Waals surface area (Å²) >= 11 is 8.22. The lowest BCUT2D eigenvalue weighted by atomic mass is 9.92. The van der Waals surface area contributed by atoms with Crippen molar-refractivity contribution in [3.63, 3.8) is 0 Å². The molecule has 0 aliphatic carbocycles. The number of pyridine rings is 1. The third-order valence-electron chi connectivity index (χ3n) is 7.07. The number of aryl methyl sites for hydroxylation is 2. The molecule has 7 nitrogen and oxygen atoms in total. The summed E-state index contributed by atoms with van der Waals surface area (Å²) in [5.41, 5.74) is 5.04. The van der Waals surface area contributed by atoms with Gasteiger partial charge in [0.2, 0.25) is 0 Å². The Morgan fingerprint density at radius 1 is 1.20 bits per heavy atom. The molecule has 9 heteroatoms. The molecule has 0 amide bonds. The van der Waals surface area contributed by atoms with Gasteiger partial charge in [-0.3, -0.25) is 14.3 Å². The summed E-state index contributed by atoms with van der Waals surface area (Å²) in [6, 6.07) is 10.1. The fourth-order valence-electron chi connectivity index (χ4n) is 5.41. The first-order valence-corrected chi connectivity index (χ1v) is 13.1. The number of benzene rings is 1. The van der Waals surface area contributed by atoms with Gasteiger partial charge in [-0.25, -0.2) is 4.79 Å². The fraction of sp³-hybridized carbons (Fsp3) is 0.346. The van der Waals surface area contributed by atoms with Crippen molar-refractivity contribution < 1.29 is 0 Å². The molecule has 0 bridgehead atoms. The van der Waals surface area contributed by atoms with Gasteiger partial charge < -0.3 is 14.8 Å². The van der Waals surface area contributed by atoms with Gasteiger partial charge in [0.25, 0.3) is 5.56 Å². The Morgan fingerprint density at radius 2 is 2.09 bits per heavy atom. The SMILES string of the molecule is Cn1ccc(=O)n(Cc2cc3nccc(-c4cc(Cl)cc5c4N(C4CCNC4)CCC5)c3s2)c1=O. The van der Waals surface area contributed by atoms with Crippen molar-refractivity contribution >= 4 is 38.8 Å². The van der Waals surface area contributed by atoms with Gasteiger partial charge in [-0.15, -0.1) is 11.3 Å². The zero-order valence-corrected chi connectivity index (χ0v) is 21.0. The monoisotopic (exact) mass is 507 g/mol. The number of nitrogens with zero attached hydrogens (tertiary/aromatic N) is 4. The van der Waals surface area contributed by atoms with Crippen molar-refractivity contribution in [3.8, 4) is 11.1 Å². The highest BCUT2D eigenvalue weighted by molar-refractivity contribution is 7.19. The Morgan fingerprint density at radius 3 is 2.91 bits per heavy atom. The molecule has 5 heterocycles. The average Bonchev–Trinajstić information content (AvgIpc) is 3.53. The molecule has 35 heavy (non-hydrogen) atoms. The highest BCUT2D eigenvalue weighted by atomic mass is 35.5. The second-order valence-electron chi connectivity index (χ2n) is 9.32. The van der Waals surface area contributed by atoms with Gasteiger partial charge in [0.05, 0.1) is 16.8 Å². The Bertz CT molecular complexity index is 1550. The minimum atomic E-state index is -0.326. The highest BCUT2D eigenvalue weighted by Gasteiger charge is 2.30. The lowest BCUT2D eigenvalue weighted by molar-refractivity contribution is 0.592. The normalized spacial score (nSPS) is 17.8. The smallest absolute Gasteiger partial charge is 0.331 e. The van der Waals surface area contributed by atoms with Gasteiger partial charge in [-0.1, -0.05) is 11.6 Å². The van der Waals surface area contributed by atoms with E-state index >= 15 is 0 Å². The van der Waals surface area contributed by atoms with Crippen LogP contribution in [0.15, 0.2) is 52.3 Å². The van der Waals surface area contributed by atoms with Crippen LogP contribution in [0.4, 0.5) is 5.69 Å². The van der Waals surface area contributed by atoms with Crippen LogP contribution >= 0.6 is 22.9 Å². The first-order valence-electron chi connectivity index (χ1n) is 11.9. The van der Waals surface area contributed by atoms with Crippen LogP contribution in [0.5, 0.6) is 0 Å². The lowest BCUT2D eigenvalue weighted by Gasteiger charge is -2.38. The molecule has 1 N–H and O–H groups in total. The third-order valence-corrected chi connectivity index (χ3v) is 8.43. The maximum atomic E-state index is 12.5. The maximum absolute atomic E-state index is 12.5. The number of fused-ring (bicyclic) bond motifs is 2. The minimum Gasteiger partial charge on any atom is -0.366 e. The van der Waals surface area contributed by atoms with Crippen LogP contribution in [-0.2, 0) is 20.0 Å². The number of hydrogen-bond acceptors (Lipinski definition) is 6. The first-order chi connectivity index (χ1) is 17.0. The summed E-state index contributed by atoms with van der Waals surface area (Å²) in [6.07, 6.45) is 6.61. The number of hydrogen-bond donors (Lipinski definition) is 1. The fourth-order valence-corrected chi connectivity index (χ4v) is 6.78. The number of thiophene rings is 1. The minimum absolute atomic E-state index is 0.223. The Kier molecular flexibility index (Phi) is 5.75. The molecule has 0 spiro atoms. The maximum Gasteiger partial charge on any atom is 0.331 e. The van der Waals surface area contributed by atoms with Crippen LogP contribution in [0.2, 0.25) is 5.02 Å². The van der Waals surface area contributed by atoms with Crippen molar-refractivity contribution in [2.45, 2.75) is 31.8 Å². The van der Waals surface area contributed by atoms with Crippen molar-refractivity contribution in [2.75, 3.05) is 24.5 Å². The second-order valence-corrected chi connectivity index (χ2v) is 10.9. The molecule has 6 rings (SSSR count). The van der Waals surface area contributed by atoms with Crippen molar-refractivity contribution in [2.24, 2.45) is 7.05 Å². The number of anilines is 1. The van der Waals surface area contributed by atoms with E-state index in [1.54, 1.807) is 18.4 Å². The molecule has 180 valence electrons. The molecular weight excluding hydrogens is 482 g/mol. The van der Waals surface area contributed by atoms with Crippen LogP contribution in [-0.4, -0.2) is 39.8 Å². The zero-order valence-electron chi connectivity index (χ0n) is 19.5. The first kappa shape index (κ1) is 22.5. The molecule has 0 saturated carbocycles. The van der Waals surface area contributed by atoms with Crippen LogP contribution in [0.1, 0.15) is 23.3 Å². The molecule has 1 saturated heterocycles. The summed E-state index contributed by atoms with van der Waals surface area (Å²) in [7, 11) is 1.65.